The van der Waals surface area contributed by atoms with Gasteiger partial charge in [-0.3, -0.25) is 4.79 Å². The van der Waals surface area contributed by atoms with Crippen molar-refractivity contribution >= 4 is 40.9 Å². The minimum atomic E-state index is -2.97. The van der Waals surface area contributed by atoms with Crippen molar-refractivity contribution in [2.45, 2.75) is 6.92 Å². The van der Waals surface area contributed by atoms with Crippen LogP contribution in [-0.2, 0) is 9.36 Å². The molecule has 3 aromatic heterocycles. The maximum Gasteiger partial charge on any atom is 0.247 e. The average molecular weight is 557 g/mol. The van der Waals surface area contributed by atoms with Crippen molar-refractivity contribution in [2.24, 2.45) is 0 Å². The van der Waals surface area contributed by atoms with Crippen LogP contribution in [0.2, 0.25) is 0 Å². The molecule has 0 unspecified atom stereocenters. The number of rotatable bonds is 7. The van der Waals surface area contributed by atoms with Crippen LogP contribution in [0.25, 0.3) is 28.0 Å². The van der Waals surface area contributed by atoms with Crippen LogP contribution in [0.15, 0.2) is 79.6 Å². The predicted molar refractivity (Wildman–Crippen MR) is 156 cm³/mol. The highest BCUT2D eigenvalue weighted by Crippen LogP contribution is 2.45. The molecule has 5 rings (SSSR count). The topological polar surface area (TPSA) is 125 Å². The summed E-state index contributed by atoms with van der Waals surface area (Å²) < 4.78 is 36.6. The molecule has 0 aliphatic heterocycles. The molecular formula is C29H26FN6O3P. The summed E-state index contributed by atoms with van der Waals surface area (Å²) in [6, 6.07) is 16.6. The summed E-state index contributed by atoms with van der Waals surface area (Å²) >= 11 is 0. The van der Waals surface area contributed by atoms with Crippen LogP contribution >= 0.6 is 7.14 Å². The number of hydrogen-bond donors (Lipinski definition) is 2. The van der Waals surface area contributed by atoms with Crippen molar-refractivity contribution in [1.82, 2.24) is 19.5 Å². The van der Waals surface area contributed by atoms with Gasteiger partial charge in [-0.2, -0.15) is 0 Å². The molecule has 0 saturated heterocycles. The molecule has 0 aliphatic rings. The third-order valence-corrected chi connectivity index (χ3v) is 7.65. The predicted octanol–water partition coefficient (Wildman–Crippen LogP) is 5.68. The third-order valence-electron chi connectivity index (χ3n) is 6.15. The van der Waals surface area contributed by atoms with Crippen LogP contribution in [0.5, 0.6) is 11.6 Å². The molecule has 2 aromatic carbocycles. The molecule has 11 heteroatoms. The van der Waals surface area contributed by atoms with Gasteiger partial charge < -0.3 is 24.9 Å². The standard InChI is InChI=1S/C29H26FN6O3P/c1-5-23(37)35-19-11-9-18(10-12-19)26-28(40(3,4)38)25-27(29(31)33-16-32-25)36(26)20-13-14-22(21(30)15-20)39-24-8-6-7-17(2)34-24/h5-16H,1H2,2-4H3,(H,35,37)(H2,31,32,33). The molecule has 0 atom stereocenters. The number of anilines is 2. The summed E-state index contributed by atoms with van der Waals surface area (Å²) in [5, 5.41) is 3.18. The van der Waals surface area contributed by atoms with E-state index in [1.54, 1.807) is 60.4 Å². The molecule has 202 valence electrons. The molecular weight excluding hydrogens is 530 g/mol. The van der Waals surface area contributed by atoms with Gasteiger partial charge >= 0.3 is 0 Å². The zero-order valence-corrected chi connectivity index (χ0v) is 22.9. The van der Waals surface area contributed by atoms with Gasteiger partial charge in [-0.15, -0.1) is 0 Å². The Balaban J connectivity index is 1.72. The SMILES string of the molecule is C=CC(=O)Nc1ccc(-c2c(P(C)(C)=O)c3ncnc(N)c3n2-c2ccc(Oc3cccc(C)n3)c(F)c2)cc1. The number of hydrogen-bond acceptors (Lipinski definition) is 7. The first kappa shape index (κ1) is 26.8. The van der Waals surface area contributed by atoms with Gasteiger partial charge in [-0.05, 0) is 62.2 Å². The van der Waals surface area contributed by atoms with Crippen LogP contribution in [0.1, 0.15) is 5.69 Å². The number of nitrogens with two attached hydrogens (primary N) is 1. The van der Waals surface area contributed by atoms with Gasteiger partial charge in [0.2, 0.25) is 11.8 Å². The lowest BCUT2D eigenvalue weighted by Gasteiger charge is -2.16. The number of halogens is 1. The molecule has 0 radical (unpaired) electrons. The second-order valence-corrected chi connectivity index (χ2v) is 12.6. The fourth-order valence-electron chi connectivity index (χ4n) is 4.45. The fourth-order valence-corrected chi connectivity index (χ4v) is 5.87. The summed E-state index contributed by atoms with van der Waals surface area (Å²) in [4.78, 5) is 24.6. The molecule has 3 heterocycles. The Morgan fingerprint density at radius 3 is 2.52 bits per heavy atom. The minimum Gasteiger partial charge on any atom is -0.436 e. The number of benzene rings is 2. The summed E-state index contributed by atoms with van der Waals surface area (Å²) in [6.45, 7) is 8.55. The number of aryl methyl sites for hydroxylation is 1. The van der Waals surface area contributed by atoms with E-state index in [1.807, 2.05) is 13.0 Å². The highest BCUT2D eigenvalue weighted by molar-refractivity contribution is 7.71. The van der Waals surface area contributed by atoms with Gasteiger partial charge in [0.05, 0.1) is 11.0 Å². The number of aromatic nitrogens is 4. The molecule has 0 bridgehead atoms. The van der Waals surface area contributed by atoms with Crippen LogP contribution in [0.4, 0.5) is 15.9 Å². The van der Waals surface area contributed by atoms with Gasteiger partial charge in [-0.25, -0.2) is 19.3 Å². The van der Waals surface area contributed by atoms with E-state index >= 15 is 4.39 Å². The molecule has 0 saturated carbocycles. The minimum absolute atomic E-state index is 0.0109. The quantitative estimate of drug-likeness (QED) is 0.195. The van der Waals surface area contributed by atoms with E-state index in [1.165, 1.54) is 24.5 Å². The Hall–Kier alpha value is -4.82. The van der Waals surface area contributed by atoms with Crippen molar-refractivity contribution in [3.05, 3.63) is 91.2 Å². The van der Waals surface area contributed by atoms with Gasteiger partial charge in [0, 0.05) is 29.2 Å². The van der Waals surface area contributed by atoms with E-state index in [0.29, 0.717) is 39.0 Å². The van der Waals surface area contributed by atoms with Crippen molar-refractivity contribution in [3.8, 4) is 28.6 Å². The first-order valence-corrected chi connectivity index (χ1v) is 14.8. The second kappa shape index (κ2) is 10.4. The number of carbonyl (C=O) groups excluding carboxylic acids is 1. The molecule has 40 heavy (non-hydrogen) atoms. The van der Waals surface area contributed by atoms with E-state index in [9.17, 15) is 9.36 Å². The Labute approximate surface area is 229 Å². The van der Waals surface area contributed by atoms with Crippen LogP contribution < -0.4 is 21.1 Å². The lowest BCUT2D eigenvalue weighted by atomic mass is 10.1. The summed E-state index contributed by atoms with van der Waals surface area (Å²) in [5.74, 6) is -0.589. The smallest absolute Gasteiger partial charge is 0.247 e. The van der Waals surface area contributed by atoms with Gasteiger partial charge in [0.1, 0.15) is 24.5 Å². The lowest BCUT2D eigenvalue weighted by Crippen LogP contribution is -2.10. The first-order chi connectivity index (χ1) is 19.1. The number of amides is 1. The number of fused-ring (bicyclic) bond motifs is 1. The maximum absolute atomic E-state index is 15.5. The van der Waals surface area contributed by atoms with Crippen LogP contribution in [0, 0.1) is 12.7 Å². The fraction of sp³-hybridized carbons (Fsp3) is 0.103. The Bertz CT molecular complexity index is 1830. The van der Waals surface area contributed by atoms with E-state index in [0.717, 1.165) is 5.69 Å². The van der Waals surface area contributed by atoms with Gasteiger partial charge in [0.15, 0.2) is 17.4 Å². The van der Waals surface area contributed by atoms with Gasteiger partial charge in [-0.1, -0.05) is 24.8 Å². The second-order valence-electron chi connectivity index (χ2n) is 9.44. The summed E-state index contributed by atoms with van der Waals surface area (Å²) in [7, 11) is -2.97. The largest absolute Gasteiger partial charge is 0.436 e. The summed E-state index contributed by atoms with van der Waals surface area (Å²) in [6.07, 6.45) is 2.48. The average Bonchev–Trinajstić information content (AvgIpc) is 3.27. The highest BCUT2D eigenvalue weighted by atomic mass is 31.2. The maximum atomic E-state index is 15.5. The Kier molecular flexibility index (Phi) is 6.95. The zero-order valence-electron chi connectivity index (χ0n) is 22.1. The van der Waals surface area contributed by atoms with E-state index < -0.39 is 13.0 Å². The Morgan fingerprint density at radius 1 is 1.12 bits per heavy atom. The molecule has 5 aromatic rings. The number of ether oxygens (including phenoxy) is 1. The number of pyridine rings is 1. The van der Waals surface area contributed by atoms with Crippen molar-refractivity contribution in [3.63, 3.8) is 0 Å². The number of nitrogen functional groups attached to an aromatic ring is 1. The number of nitrogens with zero attached hydrogens (tertiary/aromatic N) is 4. The van der Waals surface area contributed by atoms with Crippen LogP contribution in [-0.4, -0.2) is 38.8 Å². The highest BCUT2D eigenvalue weighted by Gasteiger charge is 2.30. The van der Waals surface area contributed by atoms with Crippen molar-refractivity contribution < 1.29 is 18.5 Å². The zero-order chi connectivity index (χ0) is 28.6. The van der Waals surface area contributed by atoms with E-state index in [2.05, 4.69) is 26.8 Å². The van der Waals surface area contributed by atoms with Crippen molar-refractivity contribution in [1.29, 1.82) is 0 Å². The molecule has 0 fully saturated rings. The van der Waals surface area contributed by atoms with Crippen molar-refractivity contribution in [2.75, 3.05) is 24.4 Å². The third kappa shape index (κ3) is 5.09. The molecule has 3 N–H and O–H groups in total. The van der Waals surface area contributed by atoms with E-state index in [-0.39, 0.29) is 23.4 Å². The normalized spacial score (nSPS) is 11.4. The van der Waals surface area contributed by atoms with Gasteiger partial charge in [0.25, 0.3) is 0 Å². The summed E-state index contributed by atoms with van der Waals surface area (Å²) in [5.41, 5.74) is 9.98. The van der Waals surface area contributed by atoms with E-state index in [4.69, 9.17) is 10.5 Å². The lowest BCUT2D eigenvalue weighted by molar-refractivity contribution is -0.111. The first-order valence-electron chi connectivity index (χ1n) is 12.2. The monoisotopic (exact) mass is 556 g/mol. The molecule has 0 aliphatic carbocycles. The molecule has 9 nitrogen and oxygen atoms in total. The van der Waals surface area contributed by atoms with Crippen LogP contribution in [0.3, 0.4) is 0 Å². The Morgan fingerprint density at radius 2 is 1.88 bits per heavy atom. The number of carbonyl (C=O) groups is 1. The molecule has 0 spiro atoms. The number of nitrogens with one attached hydrogen (secondary N) is 1. The molecule has 1 amide bonds.